The minimum absolute atomic E-state index is 0.208. The zero-order valence-electron chi connectivity index (χ0n) is 18.7. The molecule has 0 aliphatic carbocycles. The summed E-state index contributed by atoms with van der Waals surface area (Å²) in [5.74, 6) is -2.13. The monoisotopic (exact) mass is 415 g/mol. The van der Waals surface area contributed by atoms with E-state index in [1.165, 1.54) is 12.1 Å². The molecule has 2 N–H and O–H groups in total. The number of Topliss-reactive ketones (excluding diaryl/α,β-unsaturated/α-hetero) is 1. The highest BCUT2D eigenvalue weighted by atomic mass is 19.1. The zero-order chi connectivity index (χ0) is 22.8. The molecule has 0 unspecified atom stereocenters. The molecule has 30 heavy (non-hydrogen) atoms. The van der Waals surface area contributed by atoms with Gasteiger partial charge in [0.2, 0.25) is 0 Å². The Morgan fingerprint density at radius 1 is 1.10 bits per heavy atom. The number of halogens is 1. The molecule has 1 aromatic carbocycles. The fraction of sp³-hybridized carbons (Fsp3) is 0.435. The van der Waals surface area contributed by atoms with Crippen LogP contribution in [0.4, 0.5) is 10.1 Å². The van der Waals surface area contributed by atoms with Gasteiger partial charge in [-0.2, -0.15) is 0 Å². The molecule has 0 bridgehead atoms. The predicted molar refractivity (Wildman–Crippen MR) is 116 cm³/mol. The Labute approximate surface area is 176 Å². The summed E-state index contributed by atoms with van der Waals surface area (Å²) in [7, 11) is 0. The van der Waals surface area contributed by atoms with Crippen molar-refractivity contribution in [2.45, 2.75) is 67.0 Å². The van der Waals surface area contributed by atoms with Gasteiger partial charge in [0, 0.05) is 23.5 Å². The summed E-state index contributed by atoms with van der Waals surface area (Å²) in [5.41, 5.74) is 1.94. The largest absolute Gasteiger partial charge is 0.344 e. The van der Waals surface area contributed by atoms with Crippen LogP contribution in [-0.2, 0) is 11.3 Å². The number of nitrogens with one attached hydrogen (secondary N) is 2. The lowest BCUT2D eigenvalue weighted by Gasteiger charge is -2.24. The second-order valence-corrected chi connectivity index (χ2v) is 8.12. The van der Waals surface area contributed by atoms with Crippen LogP contribution in [0, 0.1) is 26.6 Å². The molecule has 0 saturated heterocycles. The first kappa shape index (κ1) is 23.3. The molecule has 2 aromatic rings. The van der Waals surface area contributed by atoms with Crippen LogP contribution in [0.3, 0.4) is 0 Å². The number of ketones is 1. The number of nitrogens with zero attached hydrogens (tertiary/aromatic N) is 1. The second kappa shape index (κ2) is 8.81. The molecular formula is C23H30FN3O3. The standard InChI is InChI=1S/C23H30FN3O3/c1-8-23(6,7)26-22(30)20(28)19-14(4)18(15(5)27(19)9-2)21(29)25-16-10-11-17(24)13(3)12-16/h10-12H,8-9H2,1-7H3,(H,25,29)(H,26,30). The quantitative estimate of drug-likeness (QED) is 0.522. The number of hydrogen-bond acceptors (Lipinski definition) is 3. The molecule has 0 atom stereocenters. The van der Waals surface area contributed by atoms with Gasteiger partial charge < -0.3 is 15.2 Å². The van der Waals surface area contributed by atoms with Crippen LogP contribution in [0.2, 0.25) is 0 Å². The molecular weight excluding hydrogens is 385 g/mol. The van der Waals surface area contributed by atoms with Crippen molar-refractivity contribution in [1.29, 1.82) is 0 Å². The van der Waals surface area contributed by atoms with Gasteiger partial charge in [0.1, 0.15) is 5.82 Å². The number of aryl methyl sites for hydroxylation is 1. The van der Waals surface area contributed by atoms with Crippen molar-refractivity contribution in [3.8, 4) is 0 Å². The summed E-state index contributed by atoms with van der Waals surface area (Å²) < 4.78 is 15.2. The van der Waals surface area contributed by atoms with Crippen LogP contribution in [0.25, 0.3) is 0 Å². The Morgan fingerprint density at radius 2 is 1.73 bits per heavy atom. The van der Waals surface area contributed by atoms with Crippen molar-refractivity contribution in [2.24, 2.45) is 0 Å². The van der Waals surface area contributed by atoms with Crippen molar-refractivity contribution in [3.05, 3.63) is 52.1 Å². The van der Waals surface area contributed by atoms with E-state index in [9.17, 15) is 18.8 Å². The summed E-state index contributed by atoms with van der Waals surface area (Å²) >= 11 is 0. The molecule has 0 radical (unpaired) electrons. The third kappa shape index (κ3) is 4.61. The highest BCUT2D eigenvalue weighted by Gasteiger charge is 2.31. The van der Waals surface area contributed by atoms with Gasteiger partial charge in [-0.05, 0) is 77.3 Å². The van der Waals surface area contributed by atoms with Crippen molar-refractivity contribution < 1.29 is 18.8 Å². The molecule has 0 fully saturated rings. The number of hydrogen-bond donors (Lipinski definition) is 2. The third-order valence-corrected chi connectivity index (χ3v) is 5.48. The van der Waals surface area contributed by atoms with E-state index in [2.05, 4.69) is 10.6 Å². The lowest BCUT2D eigenvalue weighted by Crippen LogP contribution is -2.46. The number of amides is 2. The molecule has 6 nitrogen and oxygen atoms in total. The SMILES string of the molecule is CCn1c(C)c(C(=O)Nc2ccc(F)c(C)c2)c(C)c1C(=O)C(=O)NC(C)(C)CC. The number of benzene rings is 1. The lowest BCUT2D eigenvalue weighted by molar-refractivity contribution is -0.118. The maximum Gasteiger partial charge on any atom is 0.294 e. The Balaban J connectivity index is 2.42. The average Bonchev–Trinajstić information content (AvgIpc) is 2.93. The molecule has 2 rings (SSSR count). The highest BCUT2D eigenvalue weighted by Crippen LogP contribution is 2.25. The van der Waals surface area contributed by atoms with E-state index in [1.54, 1.807) is 31.4 Å². The van der Waals surface area contributed by atoms with Crippen LogP contribution in [0.15, 0.2) is 18.2 Å². The molecule has 1 heterocycles. The molecule has 7 heteroatoms. The van der Waals surface area contributed by atoms with Gasteiger partial charge >= 0.3 is 0 Å². The summed E-state index contributed by atoms with van der Waals surface area (Å²) in [6.07, 6.45) is 0.670. The predicted octanol–water partition coefficient (Wildman–Crippen LogP) is 4.31. The van der Waals surface area contributed by atoms with E-state index >= 15 is 0 Å². The van der Waals surface area contributed by atoms with Crippen LogP contribution in [0.1, 0.15) is 71.8 Å². The first-order valence-corrected chi connectivity index (χ1v) is 10.1. The highest BCUT2D eigenvalue weighted by molar-refractivity contribution is 6.43. The summed E-state index contributed by atoms with van der Waals surface area (Å²) in [6, 6.07) is 4.31. The average molecular weight is 416 g/mol. The van der Waals surface area contributed by atoms with E-state index in [-0.39, 0.29) is 11.5 Å². The smallest absolute Gasteiger partial charge is 0.294 e. The van der Waals surface area contributed by atoms with Crippen LogP contribution in [-0.4, -0.2) is 27.7 Å². The van der Waals surface area contributed by atoms with Gasteiger partial charge in [-0.3, -0.25) is 14.4 Å². The van der Waals surface area contributed by atoms with Gasteiger partial charge in [-0.25, -0.2) is 4.39 Å². The molecule has 0 saturated carbocycles. The second-order valence-electron chi connectivity index (χ2n) is 8.12. The van der Waals surface area contributed by atoms with E-state index in [1.807, 2.05) is 27.7 Å². The number of anilines is 1. The Morgan fingerprint density at radius 3 is 2.27 bits per heavy atom. The fourth-order valence-corrected chi connectivity index (χ4v) is 3.39. The summed E-state index contributed by atoms with van der Waals surface area (Å²) in [4.78, 5) is 38.5. The minimum Gasteiger partial charge on any atom is -0.344 e. The molecule has 0 aliphatic heterocycles. The van der Waals surface area contributed by atoms with E-state index in [4.69, 9.17) is 0 Å². The first-order valence-electron chi connectivity index (χ1n) is 10.1. The molecule has 0 aliphatic rings. The maximum atomic E-state index is 13.5. The Bertz CT molecular complexity index is 1010. The first-order chi connectivity index (χ1) is 13.9. The summed E-state index contributed by atoms with van der Waals surface area (Å²) in [6.45, 7) is 12.9. The van der Waals surface area contributed by atoms with Gasteiger partial charge in [-0.1, -0.05) is 6.92 Å². The van der Waals surface area contributed by atoms with Crippen LogP contribution in [0.5, 0.6) is 0 Å². The van der Waals surface area contributed by atoms with E-state index in [0.717, 1.165) is 0 Å². The Hall–Kier alpha value is -2.96. The molecule has 0 spiro atoms. The Kier molecular flexibility index (Phi) is 6.85. The summed E-state index contributed by atoms with van der Waals surface area (Å²) in [5, 5.41) is 5.51. The van der Waals surface area contributed by atoms with Crippen molar-refractivity contribution in [2.75, 3.05) is 5.32 Å². The number of carbonyl (C=O) groups excluding carboxylic acids is 3. The van der Waals surface area contributed by atoms with Crippen LogP contribution < -0.4 is 10.6 Å². The molecule has 162 valence electrons. The van der Waals surface area contributed by atoms with Gasteiger partial charge in [0.25, 0.3) is 17.6 Å². The van der Waals surface area contributed by atoms with Crippen LogP contribution >= 0.6 is 0 Å². The fourth-order valence-electron chi connectivity index (χ4n) is 3.39. The topological polar surface area (TPSA) is 80.2 Å². The lowest BCUT2D eigenvalue weighted by atomic mass is 10.0. The number of aromatic nitrogens is 1. The normalized spacial score (nSPS) is 11.3. The third-order valence-electron chi connectivity index (χ3n) is 5.48. The van der Waals surface area contributed by atoms with E-state index < -0.39 is 23.1 Å². The number of rotatable bonds is 7. The van der Waals surface area contributed by atoms with Gasteiger partial charge in [0.15, 0.2) is 0 Å². The van der Waals surface area contributed by atoms with Gasteiger partial charge in [-0.15, -0.1) is 0 Å². The van der Waals surface area contributed by atoms with E-state index in [0.29, 0.717) is 41.0 Å². The van der Waals surface area contributed by atoms with Crippen molar-refractivity contribution in [1.82, 2.24) is 9.88 Å². The van der Waals surface area contributed by atoms with Crippen molar-refractivity contribution >= 4 is 23.3 Å². The molecule has 2 amide bonds. The zero-order valence-corrected chi connectivity index (χ0v) is 18.7. The number of carbonyl (C=O) groups is 3. The maximum absolute atomic E-state index is 13.5. The minimum atomic E-state index is -0.696. The molecule has 1 aromatic heterocycles. The van der Waals surface area contributed by atoms with Crippen molar-refractivity contribution in [3.63, 3.8) is 0 Å². The van der Waals surface area contributed by atoms with Gasteiger partial charge in [0.05, 0.1) is 11.3 Å².